The van der Waals surface area contributed by atoms with Crippen molar-refractivity contribution in [2.24, 2.45) is 0 Å². The molecule has 1 aliphatic carbocycles. The van der Waals surface area contributed by atoms with Crippen LogP contribution < -0.4 is 10.0 Å². The normalized spacial score (nSPS) is 22.9. The fourth-order valence-corrected chi connectivity index (χ4v) is 3.80. The third kappa shape index (κ3) is 3.50. The minimum absolute atomic E-state index is 0.262. The van der Waals surface area contributed by atoms with E-state index in [1.54, 1.807) is 26.2 Å². The summed E-state index contributed by atoms with van der Waals surface area (Å²) in [5.74, 6) is 0. The zero-order valence-electron chi connectivity index (χ0n) is 11.9. The summed E-state index contributed by atoms with van der Waals surface area (Å²) < 4.78 is 32.2. The molecule has 2 unspecified atom stereocenters. The van der Waals surface area contributed by atoms with Crippen molar-refractivity contribution >= 4 is 15.7 Å². The second kappa shape index (κ2) is 6.56. The van der Waals surface area contributed by atoms with Gasteiger partial charge in [-0.15, -0.1) is 0 Å². The molecule has 2 atom stereocenters. The number of hydrogen-bond donors (Lipinski definition) is 2. The van der Waals surface area contributed by atoms with Crippen molar-refractivity contribution in [2.45, 2.75) is 43.2 Å². The van der Waals surface area contributed by atoms with E-state index in [0.717, 1.165) is 19.3 Å². The highest BCUT2D eigenvalue weighted by Gasteiger charge is 2.26. The summed E-state index contributed by atoms with van der Waals surface area (Å²) in [6.45, 7) is 2.15. The third-order valence-corrected chi connectivity index (χ3v) is 5.19. The van der Waals surface area contributed by atoms with E-state index in [-0.39, 0.29) is 12.1 Å². The quantitative estimate of drug-likeness (QED) is 0.842. The van der Waals surface area contributed by atoms with Crippen molar-refractivity contribution in [1.82, 2.24) is 4.72 Å². The topological polar surface area (TPSA) is 67.4 Å². The minimum Gasteiger partial charge on any atom is -0.381 e. The maximum absolute atomic E-state index is 12.2. The van der Waals surface area contributed by atoms with Crippen molar-refractivity contribution in [1.29, 1.82) is 0 Å². The minimum atomic E-state index is -3.45. The van der Waals surface area contributed by atoms with Crippen LogP contribution in [0.15, 0.2) is 29.2 Å². The molecule has 0 saturated heterocycles. The van der Waals surface area contributed by atoms with E-state index in [0.29, 0.717) is 17.1 Å². The lowest BCUT2D eigenvalue weighted by Gasteiger charge is -2.17. The van der Waals surface area contributed by atoms with E-state index in [9.17, 15) is 8.42 Å². The lowest BCUT2D eigenvalue weighted by Crippen LogP contribution is -2.25. The number of nitrogens with one attached hydrogen (secondary N) is 2. The monoisotopic (exact) mass is 298 g/mol. The van der Waals surface area contributed by atoms with Crippen LogP contribution in [0, 0.1) is 0 Å². The number of benzene rings is 1. The molecule has 112 valence electrons. The van der Waals surface area contributed by atoms with Gasteiger partial charge in [0, 0.05) is 19.7 Å². The van der Waals surface area contributed by atoms with Gasteiger partial charge in [-0.2, -0.15) is 0 Å². The van der Waals surface area contributed by atoms with Gasteiger partial charge >= 0.3 is 0 Å². The first kappa shape index (κ1) is 15.3. The Morgan fingerprint density at radius 1 is 1.30 bits per heavy atom. The first-order valence-corrected chi connectivity index (χ1v) is 8.43. The molecule has 2 N–H and O–H groups in total. The van der Waals surface area contributed by atoms with E-state index >= 15 is 0 Å². The van der Waals surface area contributed by atoms with Crippen LogP contribution in [0.2, 0.25) is 0 Å². The first-order valence-electron chi connectivity index (χ1n) is 6.95. The molecule has 0 radical (unpaired) electrons. The zero-order valence-corrected chi connectivity index (χ0v) is 12.7. The Balaban J connectivity index is 2.17. The molecular weight excluding hydrogens is 276 g/mol. The van der Waals surface area contributed by atoms with Crippen LogP contribution in [-0.2, 0) is 14.8 Å². The Kier molecular flexibility index (Phi) is 5.01. The summed E-state index contributed by atoms with van der Waals surface area (Å²) in [7, 11) is -1.73. The van der Waals surface area contributed by atoms with Gasteiger partial charge in [-0.25, -0.2) is 13.1 Å². The molecule has 20 heavy (non-hydrogen) atoms. The molecule has 0 aliphatic heterocycles. The first-order chi connectivity index (χ1) is 9.56. The number of methoxy groups -OCH3 is 1. The molecule has 1 aromatic carbocycles. The van der Waals surface area contributed by atoms with Gasteiger partial charge in [0.15, 0.2) is 0 Å². The predicted molar refractivity (Wildman–Crippen MR) is 79.4 cm³/mol. The number of rotatable bonds is 6. The number of para-hydroxylation sites is 1. The van der Waals surface area contributed by atoms with Crippen LogP contribution >= 0.6 is 0 Å². The standard InChI is InChI=1S/C14H22N2O3S/c1-3-15-20(17,18)14-7-5-4-6-13(14)16-11-8-9-12(10-11)19-2/h4-7,11-12,15-16H,3,8-10H2,1-2H3. The number of sulfonamides is 1. The Bertz CT molecular complexity index is 545. The molecule has 0 amide bonds. The molecule has 0 aromatic heterocycles. The van der Waals surface area contributed by atoms with Crippen molar-refractivity contribution in [2.75, 3.05) is 19.0 Å². The average molecular weight is 298 g/mol. The summed E-state index contributed by atoms with van der Waals surface area (Å²) in [5, 5.41) is 3.34. The summed E-state index contributed by atoms with van der Waals surface area (Å²) in [5.41, 5.74) is 0.662. The number of hydrogen-bond acceptors (Lipinski definition) is 4. The van der Waals surface area contributed by atoms with Crippen LogP contribution in [-0.4, -0.2) is 34.2 Å². The summed E-state index contributed by atoms with van der Waals surface area (Å²) in [6, 6.07) is 7.28. The van der Waals surface area contributed by atoms with Gasteiger partial charge in [0.2, 0.25) is 10.0 Å². The Labute approximate surface area is 120 Å². The number of anilines is 1. The van der Waals surface area contributed by atoms with Crippen LogP contribution in [0.4, 0.5) is 5.69 Å². The number of ether oxygens (including phenoxy) is 1. The van der Waals surface area contributed by atoms with Gasteiger partial charge in [-0.3, -0.25) is 0 Å². The highest BCUT2D eigenvalue weighted by atomic mass is 32.2. The van der Waals surface area contributed by atoms with Crippen LogP contribution in [0.1, 0.15) is 26.2 Å². The molecule has 1 aromatic rings. The Morgan fingerprint density at radius 2 is 2.05 bits per heavy atom. The zero-order chi connectivity index (χ0) is 14.6. The molecule has 6 heteroatoms. The third-order valence-electron chi connectivity index (χ3n) is 3.59. The summed E-state index contributed by atoms with van der Waals surface area (Å²) >= 11 is 0. The molecule has 0 spiro atoms. The highest BCUT2D eigenvalue weighted by molar-refractivity contribution is 7.89. The lowest BCUT2D eigenvalue weighted by molar-refractivity contribution is 0.108. The van der Waals surface area contributed by atoms with E-state index in [1.165, 1.54) is 0 Å². The molecule has 0 bridgehead atoms. The maximum atomic E-state index is 12.2. The van der Waals surface area contributed by atoms with E-state index in [4.69, 9.17) is 4.74 Å². The molecule has 1 aliphatic rings. The second-order valence-corrected chi connectivity index (χ2v) is 6.74. The smallest absolute Gasteiger partial charge is 0.242 e. The van der Waals surface area contributed by atoms with Gasteiger partial charge in [0.05, 0.1) is 11.8 Å². The largest absolute Gasteiger partial charge is 0.381 e. The average Bonchev–Trinajstić information content (AvgIpc) is 2.87. The van der Waals surface area contributed by atoms with Crippen LogP contribution in [0.25, 0.3) is 0 Å². The van der Waals surface area contributed by atoms with Crippen molar-refractivity contribution in [3.8, 4) is 0 Å². The Hall–Kier alpha value is -1.11. The fraction of sp³-hybridized carbons (Fsp3) is 0.571. The van der Waals surface area contributed by atoms with Crippen LogP contribution in [0.5, 0.6) is 0 Å². The van der Waals surface area contributed by atoms with Crippen molar-refractivity contribution in [3.63, 3.8) is 0 Å². The van der Waals surface area contributed by atoms with Crippen LogP contribution in [0.3, 0.4) is 0 Å². The SMILES string of the molecule is CCNS(=O)(=O)c1ccccc1NC1CCC(OC)C1. The van der Waals surface area contributed by atoms with Crippen molar-refractivity contribution < 1.29 is 13.2 Å². The summed E-state index contributed by atoms with van der Waals surface area (Å²) in [6.07, 6.45) is 3.18. The Morgan fingerprint density at radius 3 is 2.70 bits per heavy atom. The van der Waals surface area contributed by atoms with Crippen molar-refractivity contribution in [3.05, 3.63) is 24.3 Å². The van der Waals surface area contributed by atoms with E-state index in [1.807, 2.05) is 12.1 Å². The highest BCUT2D eigenvalue weighted by Crippen LogP contribution is 2.28. The van der Waals surface area contributed by atoms with Gasteiger partial charge in [-0.05, 0) is 31.4 Å². The molecule has 2 rings (SSSR count). The van der Waals surface area contributed by atoms with Gasteiger partial charge < -0.3 is 10.1 Å². The molecule has 1 saturated carbocycles. The van der Waals surface area contributed by atoms with Gasteiger partial charge in [0.1, 0.15) is 4.90 Å². The molecule has 0 heterocycles. The molecule has 5 nitrogen and oxygen atoms in total. The molecular formula is C14H22N2O3S. The maximum Gasteiger partial charge on any atom is 0.242 e. The van der Waals surface area contributed by atoms with Gasteiger partial charge in [-0.1, -0.05) is 19.1 Å². The molecule has 1 fully saturated rings. The fourth-order valence-electron chi connectivity index (χ4n) is 2.59. The van der Waals surface area contributed by atoms with Gasteiger partial charge in [0.25, 0.3) is 0 Å². The predicted octanol–water partition coefficient (Wildman–Crippen LogP) is 1.96. The lowest BCUT2D eigenvalue weighted by atomic mass is 10.2. The van der Waals surface area contributed by atoms with E-state index < -0.39 is 10.0 Å². The van der Waals surface area contributed by atoms with E-state index in [2.05, 4.69) is 10.0 Å². The summed E-state index contributed by atoms with van der Waals surface area (Å²) in [4.78, 5) is 0.308. The second-order valence-electron chi connectivity index (χ2n) is 5.01.